The maximum atomic E-state index is 12.6. The molecule has 0 aliphatic rings. The number of nitrogens with one attached hydrogen (secondary N) is 1. The summed E-state index contributed by atoms with van der Waals surface area (Å²) in [5.74, 6) is 2.06. The lowest BCUT2D eigenvalue weighted by Crippen LogP contribution is -2.14. The van der Waals surface area contributed by atoms with Crippen molar-refractivity contribution in [3.63, 3.8) is 0 Å². The van der Waals surface area contributed by atoms with Gasteiger partial charge in [0, 0.05) is 6.07 Å². The second kappa shape index (κ2) is 6.49. The lowest BCUT2D eigenvalue weighted by molar-refractivity contribution is 0.102. The lowest BCUT2D eigenvalue weighted by atomic mass is 10.2. The molecule has 0 fully saturated rings. The molecule has 0 saturated carbocycles. The van der Waals surface area contributed by atoms with Gasteiger partial charge in [-0.25, -0.2) is 4.98 Å². The van der Waals surface area contributed by atoms with Crippen molar-refractivity contribution in [3.8, 4) is 23.0 Å². The highest BCUT2D eigenvalue weighted by Crippen LogP contribution is 2.31. The third kappa shape index (κ3) is 2.96. The summed E-state index contributed by atoms with van der Waals surface area (Å²) in [6.45, 7) is 1.81. The van der Waals surface area contributed by atoms with Crippen LogP contribution in [0, 0.1) is 6.92 Å². The standard InChI is InChI=1S/C17H16N2O5/c1-10-4-6-14(24-10)16-15(18-9-23-16)17(20)19-12-8-11(21-2)5-7-13(12)22-3/h4-9H,1-3H3,(H,19,20). The zero-order chi connectivity index (χ0) is 17.1. The van der Waals surface area contributed by atoms with Gasteiger partial charge >= 0.3 is 0 Å². The summed E-state index contributed by atoms with van der Waals surface area (Å²) in [6.07, 6.45) is 1.20. The molecule has 1 amide bonds. The number of anilines is 1. The van der Waals surface area contributed by atoms with Gasteiger partial charge in [-0.15, -0.1) is 0 Å². The van der Waals surface area contributed by atoms with E-state index in [0.29, 0.717) is 28.7 Å². The van der Waals surface area contributed by atoms with Crippen molar-refractivity contribution >= 4 is 11.6 Å². The van der Waals surface area contributed by atoms with Crippen LogP contribution >= 0.6 is 0 Å². The number of hydrogen-bond acceptors (Lipinski definition) is 6. The van der Waals surface area contributed by atoms with Crippen LogP contribution in [0.2, 0.25) is 0 Å². The van der Waals surface area contributed by atoms with E-state index in [1.165, 1.54) is 13.5 Å². The zero-order valence-corrected chi connectivity index (χ0v) is 13.5. The molecule has 7 nitrogen and oxygen atoms in total. The van der Waals surface area contributed by atoms with Gasteiger partial charge in [-0.05, 0) is 31.2 Å². The Morgan fingerprint density at radius 1 is 1.17 bits per heavy atom. The van der Waals surface area contributed by atoms with Gasteiger partial charge in [-0.3, -0.25) is 4.79 Å². The van der Waals surface area contributed by atoms with Crippen LogP contribution in [-0.2, 0) is 0 Å². The highest BCUT2D eigenvalue weighted by atomic mass is 16.5. The molecule has 2 heterocycles. The number of aromatic nitrogens is 1. The number of carbonyl (C=O) groups excluding carboxylic acids is 1. The molecule has 24 heavy (non-hydrogen) atoms. The minimum atomic E-state index is -0.445. The molecule has 0 atom stereocenters. The van der Waals surface area contributed by atoms with Crippen molar-refractivity contribution < 1.29 is 23.1 Å². The molecular formula is C17H16N2O5. The summed E-state index contributed by atoms with van der Waals surface area (Å²) in [5.41, 5.74) is 0.584. The van der Waals surface area contributed by atoms with Crippen molar-refractivity contribution in [3.05, 3.63) is 48.2 Å². The maximum absolute atomic E-state index is 12.6. The predicted octanol–water partition coefficient (Wildman–Crippen LogP) is 3.51. The van der Waals surface area contributed by atoms with E-state index in [1.807, 2.05) is 0 Å². The number of nitrogens with zero attached hydrogens (tertiary/aromatic N) is 1. The molecule has 2 aromatic heterocycles. The SMILES string of the molecule is COc1ccc(OC)c(NC(=O)c2ncoc2-c2ccc(C)o2)c1. The second-order valence-electron chi connectivity index (χ2n) is 4.96. The molecule has 124 valence electrons. The van der Waals surface area contributed by atoms with Gasteiger partial charge in [0.2, 0.25) is 5.76 Å². The normalized spacial score (nSPS) is 10.5. The molecule has 1 aromatic carbocycles. The van der Waals surface area contributed by atoms with Gasteiger partial charge in [-0.2, -0.15) is 0 Å². The van der Waals surface area contributed by atoms with E-state index in [-0.39, 0.29) is 11.5 Å². The molecular weight excluding hydrogens is 312 g/mol. The third-order valence-corrected chi connectivity index (χ3v) is 3.40. The number of aryl methyl sites for hydroxylation is 1. The fraction of sp³-hybridized carbons (Fsp3) is 0.176. The van der Waals surface area contributed by atoms with Crippen molar-refractivity contribution in [2.24, 2.45) is 0 Å². The van der Waals surface area contributed by atoms with Crippen molar-refractivity contribution in [2.75, 3.05) is 19.5 Å². The summed E-state index contributed by atoms with van der Waals surface area (Å²) < 4.78 is 21.2. The van der Waals surface area contributed by atoms with E-state index in [0.717, 1.165) is 0 Å². The van der Waals surface area contributed by atoms with E-state index >= 15 is 0 Å². The second-order valence-corrected chi connectivity index (χ2v) is 4.96. The number of ether oxygens (including phenoxy) is 2. The Balaban J connectivity index is 1.90. The van der Waals surface area contributed by atoms with Gasteiger partial charge in [-0.1, -0.05) is 0 Å². The zero-order valence-electron chi connectivity index (χ0n) is 13.5. The van der Waals surface area contributed by atoms with Gasteiger partial charge in [0.15, 0.2) is 17.8 Å². The molecule has 7 heteroatoms. The first-order valence-corrected chi connectivity index (χ1v) is 7.16. The average Bonchev–Trinajstić information content (AvgIpc) is 3.23. The molecule has 3 rings (SSSR count). The van der Waals surface area contributed by atoms with E-state index in [2.05, 4.69) is 10.3 Å². The Hall–Kier alpha value is -3.22. The molecule has 0 radical (unpaired) electrons. The Labute approximate surface area is 138 Å². The van der Waals surface area contributed by atoms with Gasteiger partial charge in [0.25, 0.3) is 5.91 Å². The van der Waals surface area contributed by atoms with E-state index in [9.17, 15) is 4.79 Å². The molecule has 1 N–H and O–H groups in total. The highest BCUT2D eigenvalue weighted by molar-refractivity contribution is 6.06. The number of oxazole rings is 1. The van der Waals surface area contributed by atoms with E-state index in [4.69, 9.17) is 18.3 Å². The van der Waals surface area contributed by atoms with Gasteiger partial charge in [0.1, 0.15) is 17.3 Å². The molecule has 0 aliphatic carbocycles. The van der Waals surface area contributed by atoms with Crippen LogP contribution in [0.5, 0.6) is 11.5 Å². The number of rotatable bonds is 5. The van der Waals surface area contributed by atoms with Crippen LogP contribution in [0.4, 0.5) is 5.69 Å². The first-order chi connectivity index (χ1) is 11.6. The fourth-order valence-electron chi connectivity index (χ4n) is 2.23. The Morgan fingerprint density at radius 2 is 2.00 bits per heavy atom. The minimum Gasteiger partial charge on any atom is -0.497 e. The van der Waals surface area contributed by atoms with Crippen molar-refractivity contribution in [1.29, 1.82) is 0 Å². The minimum absolute atomic E-state index is 0.120. The molecule has 0 saturated heterocycles. The molecule has 0 aliphatic heterocycles. The summed E-state index contributed by atoms with van der Waals surface area (Å²) >= 11 is 0. The van der Waals surface area contributed by atoms with Crippen LogP contribution in [-0.4, -0.2) is 25.1 Å². The Kier molecular flexibility index (Phi) is 4.24. The Bertz CT molecular complexity index is 866. The quantitative estimate of drug-likeness (QED) is 0.771. The van der Waals surface area contributed by atoms with Crippen LogP contribution < -0.4 is 14.8 Å². The lowest BCUT2D eigenvalue weighted by Gasteiger charge is -2.11. The maximum Gasteiger partial charge on any atom is 0.278 e. The topological polar surface area (TPSA) is 86.7 Å². The fourth-order valence-corrected chi connectivity index (χ4v) is 2.23. The number of carbonyl (C=O) groups is 1. The van der Waals surface area contributed by atoms with Crippen LogP contribution in [0.25, 0.3) is 11.5 Å². The third-order valence-electron chi connectivity index (χ3n) is 3.40. The first-order valence-electron chi connectivity index (χ1n) is 7.16. The Morgan fingerprint density at radius 3 is 2.67 bits per heavy atom. The predicted molar refractivity (Wildman–Crippen MR) is 86.4 cm³/mol. The monoisotopic (exact) mass is 328 g/mol. The van der Waals surface area contributed by atoms with Crippen LogP contribution in [0.3, 0.4) is 0 Å². The average molecular weight is 328 g/mol. The van der Waals surface area contributed by atoms with Crippen LogP contribution in [0.1, 0.15) is 16.2 Å². The molecule has 0 bridgehead atoms. The van der Waals surface area contributed by atoms with E-state index < -0.39 is 5.91 Å². The highest BCUT2D eigenvalue weighted by Gasteiger charge is 2.22. The van der Waals surface area contributed by atoms with Gasteiger partial charge < -0.3 is 23.6 Å². The van der Waals surface area contributed by atoms with Gasteiger partial charge in [0.05, 0.1) is 19.9 Å². The van der Waals surface area contributed by atoms with E-state index in [1.54, 1.807) is 44.4 Å². The van der Waals surface area contributed by atoms with Crippen molar-refractivity contribution in [2.45, 2.75) is 6.92 Å². The first kappa shape index (κ1) is 15.7. The number of benzene rings is 1. The summed E-state index contributed by atoms with van der Waals surface area (Å²) in [6, 6.07) is 8.60. The van der Waals surface area contributed by atoms with Crippen molar-refractivity contribution in [1.82, 2.24) is 4.98 Å². The summed E-state index contributed by atoms with van der Waals surface area (Å²) in [5, 5.41) is 2.75. The summed E-state index contributed by atoms with van der Waals surface area (Å²) in [4.78, 5) is 16.6. The summed E-state index contributed by atoms with van der Waals surface area (Å²) in [7, 11) is 3.06. The number of amides is 1. The molecule has 3 aromatic rings. The van der Waals surface area contributed by atoms with Crippen LogP contribution in [0.15, 0.2) is 45.6 Å². The number of methoxy groups -OCH3 is 2. The molecule has 0 unspecified atom stereocenters. The largest absolute Gasteiger partial charge is 0.497 e. The smallest absolute Gasteiger partial charge is 0.278 e. The number of hydrogen-bond donors (Lipinski definition) is 1. The molecule has 0 spiro atoms. The number of furan rings is 1.